The predicted octanol–water partition coefficient (Wildman–Crippen LogP) is 3.00. The largest absolute Gasteiger partial charge is 0.504 e. The van der Waals surface area contributed by atoms with E-state index in [0.717, 1.165) is 24.8 Å². The summed E-state index contributed by atoms with van der Waals surface area (Å²) in [6.07, 6.45) is 7.66. The van der Waals surface area contributed by atoms with Crippen LogP contribution in [-0.4, -0.2) is 24.9 Å². The first kappa shape index (κ1) is 14.7. The molecule has 0 spiro atoms. The number of ether oxygens (including phenoxy) is 2. The third-order valence-electron chi connectivity index (χ3n) is 3.91. The maximum Gasteiger partial charge on any atom is 0.203 e. The van der Waals surface area contributed by atoms with E-state index in [2.05, 4.69) is 24.4 Å². The Hall–Kier alpha value is -1.68. The van der Waals surface area contributed by atoms with Gasteiger partial charge in [-0.3, -0.25) is 0 Å². The first-order chi connectivity index (χ1) is 9.59. The van der Waals surface area contributed by atoms with Gasteiger partial charge in [0, 0.05) is 17.6 Å². The van der Waals surface area contributed by atoms with E-state index in [0.29, 0.717) is 18.0 Å². The van der Waals surface area contributed by atoms with Gasteiger partial charge in [0.15, 0.2) is 11.5 Å². The van der Waals surface area contributed by atoms with Crippen LogP contribution in [0.1, 0.15) is 31.7 Å². The zero-order valence-corrected chi connectivity index (χ0v) is 12.4. The first-order valence-electron chi connectivity index (χ1n) is 6.92. The average Bonchev–Trinajstić information content (AvgIpc) is 2.46. The summed E-state index contributed by atoms with van der Waals surface area (Å²) in [5.41, 5.74) is 0.910. The van der Waals surface area contributed by atoms with Crippen LogP contribution in [0.5, 0.6) is 17.2 Å². The van der Waals surface area contributed by atoms with Gasteiger partial charge >= 0.3 is 0 Å². The number of methoxy groups -OCH3 is 2. The van der Waals surface area contributed by atoms with Crippen LogP contribution in [0.4, 0.5) is 0 Å². The van der Waals surface area contributed by atoms with Crippen LogP contribution in [0.3, 0.4) is 0 Å². The molecular weight excluding hydrogens is 254 g/mol. The summed E-state index contributed by atoms with van der Waals surface area (Å²) in [6.45, 7) is 2.82. The molecule has 0 heterocycles. The Labute approximate surface area is 120 Å². The quantitative estimate of drug-likeness (QED) is 0.812. The van der Waals surface area contributed by atoms with Crippen molar-refractivity contribution in [1.82, 2.24) is 5.32 Å². The zero-order valence-electron chi connectivity index (χ0n) is 12.4. The molecule has 0 saturated heterocycles. The summed E-state index contributed by atoms with van der Waals surface area (Å²) in [6, 6.07) is 3.68. The number of aromatic hydroxyl groups is 1. The van der Waals surface area contributed by atoms with Gasteiger partial charge in [0.25, 0.3) is 0 Å². The van der Waals surface area contributed by atoms with Gasteiger partial charge in [0.1, 0.15) is 0 Å². The summed E-state index contributed by atoms with van der Waals surface area (Å²) in [5.74, 6) is 1.08. The number of phenolic OH excluding ortho intramolecular Hbond substituents is 1. The molecule has 4 heteroatoms. The number of nitrogens with one attached hydrogen (secondary N) is 1. The van der Waals surface area contributed by atoms with E-state index >= 15 is 0 Å². The minimum Gasteiger partial charge on any atom is -0.504 e. The maximum absolute atomic E-state index is 10.3. The highest BCUT2D eigenvalue weighted by Crippen LogP contribution is 2.39. The molecule has 1 atom stereocenters. The standard InChI is InChI=1S/C16H23NO3/c1-16(9-5-4-6-10-16)17-11-12-7-8-13(19-2)15(20-3)14(12)18/h4-5,7-8,17-18H,6,9-11H2,1-3H3. The lowest BCUT2D eigenvalue weighted by Crippen LogP contribution is -2.42. The fourth-order valence-corrected chi connectivity index (χ4v) is 2.53. The Morgan fingerprint density at radius 2 is 2.05 bits per heavy atom. The monoisotopic (exact) mass is 277 g/mol. The van der Waals surface area contributed by atoms with Gasteiger partial charge in [-0.25, -0.2) is 0 Å². The van der Waals surface area contributed by atoms with Crippen molar-refractivity contribution in [1.29, 1.82) is 0 Å². The van der Waals surface area contributed by atoms with E-state index in [1.54, 1.807) is 7.11 Å². The number of phenols is 1. The van der Waals surface area contributed by atoms with E-state index in [9.17, 15) is 5.11 Å². The lowest BCUT2D eigenvalue weighted by atomic mass is 9.87. The summed E-state index contributed by atoms with van der Waals surface area (Å²) in [4.78, 5) is 0. The van der Waals surface area contributed by atoms with Crippen LogP contribution < -0.4 is 14.8 Å². The van der Waals surface area contributed by atoms with E-state index in [1.807, 2.05) is 12.1 Å². The van der Waals surface area contributed by atoms with Crippen molar-refractivity contribution in [3.63, 3.8) is 0 Å². The average molecular weight is 277 g/mol. The number of rotatable bonds is 5. The van der Waals surface area contributed by atoms with Crippen molar-refractivity contribution in [3.8, 4) is 17.2 Å². The zero-order chi connectivity index (χ0) is 14.6. The molecule has 110 valence electrons. The second kappa shape index (κ2) is 6.18. The molecule has 1 aliphatic rings. The molecule has 0 fully saturated rings. The fraction of sp³-hybridized carbons (Fsp3) is 0.500. The molecule has 0 aliphatic heterocycles. The van der Waals surface area contributed by atoms with Crippen molar-refractivity contribution >= 4 is 0 Å². The Morgan fingerprint density at radius 3 is 2.65 bits per heavy atom. The number of hydrogen-bond donors (Lipinski definition) is 2. The third kappa shape index (κ3) is 3.07. The van der Waals surface area contributed by atoms with Crippen molar-refractivity contribution in [3.05, 3.63) is 29.8 Å². The van der Waals surface area contributed by atoms with Crippen LogP contribution in [0.25, 0.3) is 0 Å². The van der Waals surface area contributed by atoms with Gasteiger partial charge in [0.05, 0.1) is 14.2 Å². The first-order valence-corrected chi connectivity index (χ1v) is 6.92. The summed E-state index contributed by atoms with van der Waals surface area (Å²) >= 11 is 0. The third-order valence-corrected chi connectivity index (χ3v) is 3.91. The predicted molar refractivity (Wildman–Crippen MR) is 79.4 cm³/mol. The summed E-state index contributed by atoms with van der Waals surface area (Å²) in [7, 11) is 3.09. The fourth-order valence-electron chi connectivity index (χ4n) is 2.53. The van der Waals surface area contributed by atoms with Crippen molar-refractivity contribution in [2.75, 3.05) is 14.2 Å². The Morgan fingerprint density at radius 1 is 1.25 bits per heavy atom. The van der Waals surface area contributed by atoms with Crippen LogP contribution in [-0.2, 0) is 6.54 Å². The Bertz CT molecular complexity index is 499. The molecule has 20 heavy (non-hydrogen) atoms. The maximum atomic E-state index is 10.3. The molecule has 2 N–H and O–H groups in total. The van der Waals surface area contributed by atoms with Crippen molar-refractivity contribution in [2.45, 2.75) is 38.3 Å². The molecule has 4 nitrogen and oxygen atoms in total. The normalized spacial score (nSPS) is 21.8. The van der Waals surface area contributed by atoms with E-state index in [1.165, 1.54) is 7.11 Å². The van der Waals surface area contributed by atoms with Crippen LogP contribution >= 0.6 is 0 Å². The van der Waals surface area contributed by atoms with Crippen molar-refractivity contribution < 1.29 is 14.6 Å². The van der Waals surface area contributed by atoms with Crippen LogP contribution in [0.15, 0.2) is 24.3 Å². The molecule has 0 bridgehead atoms. The number of allylic oxidation sites excluding steroid dienone is 1. The smallest absolute Gasteiger partial charge is 0.203 e. The topological polar surface area (TPSA) is 50.7 Å². The van der Waals surface area contributed by atoms with Gasteiger partial charge in [-0.15, -0.1) is 0 Å². The van der Waals surface area contributed by atoms with E-state index < -0.39 is 0 Å². The highest BCUT2D eigenvalue weighted by Gasteiger charge is 2.24. The van der Waals surface area contributed by atoms with E-state index in [-0.39, 0.29) is 11.3 Å². The SMILES string of the molecule is COc1ccc(CNC2(C)CC=CCC2)c(O)c1OC. The molecule has 0 amide bonds. The van der Waals surface area contributed by atoms with Gasteiger partial charge in [-0.05, 0) is 32.3 Å². The highest BCUT2D eigenvalue weighted by atomic mass is 16.5. The van der Waals surface area contributed by atoms with Gasteiger partial charge < -0.3 is 19.9 Å². The second-order valence-corrected chi connectivity index (χ2v) is 5.44. The van der Waals surface area contributed by atoms with Crippen molar-refractivity contribution in [2.24, 2.45) is 0 Å². The molecule has 0 radical (unpaired) electrons. The highest BCUT2D eigenvalue weighted by molar-refractivity contribution is 5.54. The lowest BCUT2D eigenvalue weighted by molar-refractivity contribution is 0.313. The molecule has 0 saturated carbocycles. The number of hydrogen-bond acceptors (Lipinski definition) is 4. The Balaban J connectivity index is 2.12. The number of benzene rings is 1. The van der Waals surface area contributed by atoms with Gasteiger partial charge in [-0.2, -0.15) is 0 Å². The molecule has 1 unspecified atom stereocenters. The summed E-state index contributed by atoms with van der Waals surface area (Å²) < 4.78 is 10.4. The minimum absolute atomic E-state index is 0.0916. The lowest BCUT2D eigenvalue weighted by Gasteiger charge is -2.32. The summed E-state index contributed by atoms with van der Waals surface area (Å²) in [5, 5.41) is 13.8. The second-order valence-electron chi connectivity index (χ2n) is 5.44. The molecule has 1 aliphatic carbocycles. The molecular formula is C16H23NO3. The van der Waals surface area contributed by atoms with Crippen LogP contribution in [0.2, 0.25) is 0 Å². The molecule has 1 aromatic carbocycles. The van der Waals surface area contributed by atoms with Gasteiger partial charge in [-0.1, -0.05) is 18.2 Å². The Kier molecular flexibility index (Phi) is 4.55. The molecule has 0 aromatic heterocycles. The molecule has 2 rings (SSSR count). The van der Waals surface area contributed by atoms with Gasteiger partial charge in [0.2, 0.25) is 5.75 Å². The molecule has 1 aromatic rings. The minimum atomic E-state index is 0.0916. The van der Waals surface area contributed by atoms with Crippen LogP contribution in [0, 0.1) is 0 Å². The van der Waals surface area contributed by atoms with E-state index in [4.69, 9.17) is 9.47 Å².